The lowest BCUT2D eigenvalue weighted by atomic mass is 10.0. The second-order valence-corrected chi connectivity index (χ2v) is 8.85. The molecule has 0 spiro atoms. The molecule has 0 bridgehead atoms. The number of carboxylic acid groups (broad SMARTS) is 2. The van der Waals surface area contributed by atoms with Gasteiger partial charge in [0.15, 0.2) is 0 Å². The number of amides is 1. The van der Waals surface area contributed by atoms with Crippen molar-refractivity contribution in [3.05, 3.63) is 29.3 Å². The number of likely N-dealkylation sites (tertiary alicyclic amines) is 1. The molecule has 0 aliphatic carbocycles. The van der Waals surface area contributed by atoms with Gasteiger partial charge in [0.1, 0.15) is 12.4 Å². The molecule has 2 heterocycles. The van der Waals surface area contributed by atoms with Crippen molar-refractivity contribution in [2.75, 3.05) is 39.5 Å². The molecule has 10 nitrogen and oxygen atoms in total. The number of hydrogen-bond donors (Lipinski definition) is 4. The van der Waals surface area contributed by atoms with Gasteiger partial charge in [-0.3, -0.25) is 19.3 Å². The first-order valence-electron chi connectivity index (χ1n) is 11.7. The van der Waals surface area contributed by atoms with Crippen LogP contribution in [0.5, 0.6) is 5.75 Å². The van der Waals surface area contributed by atoms with E-state index in [0.717, 1.165) is 65.8 Å². The molecule has 2 aliphatic rings. The Morgan fingerprint density at radius 2 is 1.69 bits per heavy atom. The third-order valence-electron chi connectivity index (χ3n) is 5.38. The summed E-state index contributed by atoms with van der Waals surface area (Å²) in [6.45, 7) is 6.26. The van der Waals surface area contributed by atoms with Crippen molar-refractivity contribution in [1.29, 1.82) is 0 Å². The maximum atomic E-state index is 12.7. The molecule has 11 heteroatoms. The Hall–Kier alpha value is -2.40. The van der Waals surface area contributed by atoms with Crippen LogP contribution in [-0.4, -0.2) is 84.5 Å². The molecule has 0 radical (unpaired) electrons. The van der Waals surface area contributed by atoms with Crippen LogP contribution in [0, 0.1) is 5.92 Å². The molecule has 198 valence electrons. The topological polar surface area (TPSA) is 151 Å². The number of carboxylic acids is 2. The molecule has 1 aromatic rings. The lowest BCUT2D eigenvalue weighted by Gasteiger charge is -2.35. The van der Waals surface area contributed by atoms with Crippen LogP contribution in [0.25, 0.3) is 0 Å². The van der Waals surface area contributed by atoms with Gasteiger partial charge in [0.05, 0.1) is 17.5 Å². The van der Waals surface area contributed by atoms with Crippen molar-refractivity contribution in [2.45, 2.75) is 51.6 Å². The molecular formula is C24H38ClN3O7. The summed E-state index contributed by atoms with van der Waals surface area (Å²) in [5.41, 5.74) is 6.26. The summed E-state index contributed by atoms with van der Waals surface area (Å²) < 4.78 is 11.1. The van der Waals surface area contributed by atoms with Crippen molar-refractivity contribution in [3.8, 4) is 5.75 Å². The second kappa shape index (κ2) is 17.1. The molecule has 0 aromatic heterocycles. The van der Waals surface area contributed by atoms with Crippen LogP contribution in [0.1, 0.15) is 39.5 Å². The highest BCUT2D eigenvalue weighted by Crippen LogP contribution is 2.24. The molecule has 1 aromatic carbocycles. The number of carbonyl (C=O) groups excluding carboxylic acids is 1. The summed E-state index contributed by atoms with van der Waals surface area (Å²) in [6, 6.07) is 7.95. The van der Waals surface area contributed by atoms with Crippen LogP contribution in [0.15, 0.2) is 24.3 Å². The van der Waals surface area contributed by atoms with Crippen molar-refractivity contribution in [3.63, 3.8) is 0 Å². The number of nitrogens with two attached hydrogens (primary N) is 1. The summed E-state index contributed by atoms with van der Waals surface area (Å²) in [5, 5.41) is 18.4. The average Bonchev–Trinajstić information content (AvgIpc) is 2.99. The van der Waals surface area contributed by atoms with E-state index in [4.69, 9.17) is 46.6 Å². The lowest BCUT2D eigenvalue weighted by Crippen LogP contribution is -2.47. The predicted molar refractivity (Wildman–Crippen MR) is 133 cm³/mol. The van der Waals surface area contributed by atoms with Gasteiger partial charge in [0, 0.05) is 52.2 Å². The Morgan fingerprint density at radius 1 is 1.09 bits per heavy atom. The summed E-state index contributed by atoms with van der Waals surface area (Å²) in [5.74, 6) is -0.967. The SMILES string of the molecule is CC(=O)O.CC(=O)O.N[C@H]1CC[C@@H](C(=O)NCCOc2ccccc2Cl)CN(C2CCOCC2)C1. The molecule has 0 unspecified atom stereocenters. The zero-order valence-corrected chi connectivity index (χ0v) is 21.2. The van der Waals surface area contributed by atoms with Gasteiger partial charge in [-0.25, -0.2) is 0 Å². The van der Waals surface area contributed by atoms with Crippen molar-refractivity contribution in [2.24, 2.45) is 11.7 Å². The van der Waals surface area contributed by atoms with E-state index >= 15 is 0 Å². The summed E-state index contributed by atoms with van der Waals surface area (Å²) >= 11 is 6.07. The fourth-order valence-corrected chi connectivity index (χ4v) is 4.05. The molecule has 5 N–H and O–H groups in total. The Labute approximate surface area is 211 Å². The lowest BCUT2D eigenvalue weighted by molar-refractivity contribution is -0.135. The average molecular weight is 516 g/mol. The van der Waals surface area contributed by atoms with Crippen molar-refractivity contribution in [1.82, 2.24) is 10.2 Å². The molecule has 35 heavy (non-hydrogen) atoms. The minimum atomic E-state index is -0.833. The van der Waals surface area contributed by atoms with Gasteiger partial charge in [-0.2, -0.15) is 0 Å². The van der Waals surface area contributed by atoms with E-state index in [1.165, 1.54) is 0 Å². The maximum absolute atomic E-state index is 12.7. The van der Waals surface area contributed by atoms with Gasteiger partial charge < -0.3 is 30.7 Å². The van der Waals surface area contributed by atoms with E-state index in [0.29, 0.717) is 30.0 Å². The molecule has 3 rings (SSSR count). The van der Waals surface area contributed by atoms with E-state index in [9.17, 15) is 4.79 Å². The summed E-state index contributed by atoms with van der Waals surface area (Å²) in [7, 11) is 0. The van der Waals surface area contributed by atoms with Crippen LogP contribution >= 0.6 is 11.6 Å². The number of benzene rings is 1. The molecule has 1 amide bonds. The molecular weight excluding hydrogens is 478 g/mol. The number of para-hydroxylation sites is 1. The van der Waals surface area contributed by atoms with Gasteiger partial charge in [-0.1, -0.05) is 23.7 Å². The summed E-state index contributed by atoms with van der Waals surface area (Å²) in [4.78, 5) is 33.1. The quantitative estimate of drug-likeness (QED) is 0.418. The van der Waals surface area contributed by atoms with Crippen molar-refractivity contribution < 1.29 is 34.1 Å². The first kappa shape index (κ1) is 30.6. The van der Waals surface area contributed by atoms with Gasteiger partial charge in [-0.05, 0) is 37.8 Å². The normalized spacial score (nSPS) is 20.7. The standard InChI is InChI=1S/C20H30ClN3O3.2C2H4O2/c21-18-3-1-2-4-19(18)27-12-9-23-20(25)15-5-6-16(22)14-24(13-15)17-7-10-26-11-8-17;2*1-2(3)4/h1-4,15-17H,5-14,22H2,(H,23,25);2*1H3,(H,3,4)/t15-,16+;;/m1../s1. The zero-order valence-electron chi connectivity index (χ0n) is 20.5. The Kier molecular flexibility index (Phi) is 15.0. The smallest absolute Gasteiger partial charge is 0.300 e. The first-order chi connectivity index (χ1) is 16.6. The third-order valence-corrected chi connectivity index (χ3v) is 5.70. The third kappa shape index (κ3) is 13.9. The Morgan fingerprint density at radius 3 is 2.29 bits per heavy atom. The highest BCUT2D eigenvalue weighted by Gasteiger charge is 2.31. The first-order valence-corrected chi connectivity index (χ1v) is 12.1. The minimum Gasteiger partial charge on any atom is -0.490 e. The Balaban J connectivity index is 0.000000668. The van der Waals surface area contributed by atoms with E-state index in [1.807, 2.05) is 18.2 Å². The van der Waals surface area contributed by atoms with E-state index < -0.39 is 11.9 Å². The van der Waals surface area contributed by atoms with Crippen LogP contribution in [0.2, 0.25) is 5.02 Å². The predicted octanol–water partition coefficient (Wildman–Crippen LogP) is 2.24. The maximum Gasteiger partial charge on any atom is 0.300 e. The van der Waals surface area contributed by atoms with Gasteiger partial charge in [-0.15, -0.1) is 0 Å². The van der Waals surface area contributed by atoms with E-state index in [1.54, 1.807) is 6.07 Å². The van der Waals surface area contributed by atoms with E-state index in [-0.39, 0.29) is 17.9 Å². The van der Waals surface area contributed by atoms with Crippen LogP contribution < -0.4 is 15.8 Å². The largest absolute Gasteiger partial charge is 0.490 e. The fraction of sp³-hybridized carbons (Fsp3) is 0.625. The zero-order chi connectivity index (χ0) is 26.2. The van der Waals surface area contributed by atoms with Gasteiger partial charge in [0.2, 0.25) is 5.91 Å². The van der Waals surface area contributed by atoms with Crippen molar-refractivity contribution >= 4 is 29.4 Å². The van der Waals surface area contributed by atoms with E-state index in [2.05, 4.69) is 10.2 Å². The number of rotatable bonds is 6. The summed E-state index contributed by atoms with van der Waals surface area (Å²) in [6.07, 6.45) is 3.76. The molecule has 2 atom stereocenters. The monoisotopic (exact) mass is 515 g/mol. The van der Waals surface area contributed by atoms with Crippen LogP contribution in [-0.2, 0) is 19.1 Å². The second-order valence-electron chi connectivity index (χ2n) is 8.44. The number of nitrogens with zero attached hydrogens (tertiary/aromatic N) is 1. The number of halogens is 1. The van der Waals surface area contributed by atoms with Gasteiger partial charge >= 0.3 is 0 Å². The minimum absolute atomic E-state index is 0.0262. The fourth-order valence-electron chi connectivity index (χ4n) is 3.86. The molecule has 2 aliphatic heterocycles. The molecule has 2 saturated heterocycles. The van der Waals surface area contributed by atoms with Crippen LogP contribution in [0.3, 0.4) is 0 Å². The number of nitrogens with one attached hydrogen (secondary N) is 1. The van der Waals surface area contributed by atoms with Gasteiger partial charge in [0.25, 0.3) is 11.9 Å². The number of carbonyl (C=O) groups is 3. The highest BCUT2D eigenvalue weighted by molar-refractivity contribution is 6.32. The number of ether oxygens (including phenoxy) is 2. The Bertz CT molecular complexity index is 770. The highest BCUT2D eigenvalue weighted by atomic mass is 35.5. The number of hydrogen-bond acceptors (Lipinski definition) is 7. The molecule has 2 fully saturated rings. The van der Waals surface area contributed by atoms with Crippen LogP contribution in [0.4, 0.5) is 0 Å². The number of aliphatic carboxylic acids is 2. The molecule has 0 saturated carbocycles.